The monoisotopic (exact) mass is 258 g/mol. The van der Waals surface area contributed by atoms with Gasteiger partial charge in [-0.25, -0.2) is 17.9 Å². The lowest BCUT2D eigenvalue weighted by Gasteiger charge is -2.17. The Morgan fingerprint density at radius 3 is 2.35 bits per heavy atom. The number of carboxylic acid groups (broad SMARTS) is 1. The summed E-state index contributed by atoms with van der Waals surface area (Å²) in [6.45, 7) is 0. The number of anilines is 1. The van der Waals surface area contributed by atoms with Crippen molar-refractivity contribution in [2.45, 2.75) is 4.90 Å². The Morgan fingerprint density at radius 2 is 1.94 bits per heavy atom. The Balaban J connectivity index is 3.52. The third-order valence-corrected chi connectivity index (χ3v) is 3.69. The van der Waals surface area contributed by atoms with E-state index < -0.39 is 16.0 Å². The number of carboxylic acids is 1. The molecule has 94 valence electrons. The van der Waals surface area contributed by atoms with Crippen LogP contribution in [0.15, 0.2) is 23.1 Å². The first-order valence-corrected chi connectivity index (χ1v) is 6.26. The number of aromatic carboxylic acids is 1. The molecule has 0 saturated carbocycles. The molecule has 0 saturated heterocycles. The first kappa shape index (κ1) is 13.5. The number of hydrogen-bond donors (Lipinski definition) is 2. The summed E-state index contributed by atoms with van der Waals surface area (Å²) < 4.78 is 25.7. The van der Waals surface area contributed by atoms with Gasteiger partial charge in [-0.15, -0.1) is 0 Å². The Bertz CT molecular complexity index is 537. The number of benzene rings is 1. The van der Waals surface area contributed by atoms with Crippen molar-refractivity contribution in [3.8, 4) is 0 Å². The van der Waals surface area contributed by atoms with Crippen LogP contribution in [0.25, 0.3) is 0 Å². The van der Waals surface area contributed by atoms with Gasteiger partial charge in [0.1, 0.15) is 4.90 Å². The minimum absolute atomic E-state index is 0.0510. The SMILES string of the molecule is CNS(=O)(=O)c1cc(C(=O)O)ccc1N(C)C. The second-order valence-electron chi connectivity index (χ2n) is 3.59. The molecule has 0 aliphatic rings. The zero-order valence-electron chi connectivity index (χ0n) is 9.76. The number of carbonyl (C=O) groups is 1. The number of nitrogens with one attached hydrogen (secondary N) is 1. The smallest absolute Gasteiger partial charge is 0.335 e. The van der Waals surface area contributed by atoms with Gasteiger partial charge in [0, 0.05) is 14.1 Å². The highest BCUT2D eigenvalue weighted by molar-refractivity contribution is 7.89. The molecule has 0 bridgehead atoms. The van der Waals surface area contributed by atoms with Gasteiger partial charge < -0.3 is 10.0 Å². The van der Waals surface area contributed by atoms with E-state index in [0.717, 1.165) is 6.07 Å². The average Bonchev–Trinajstić information content (AvgIpc) is 2.28. The van der Waals surface area contributed by atoms with E-state index >= 15 is 0 Å². The number of nitrogens with zero attached hydrogens (tertiary/aromatic N) is 1. The highest BCUT2D eigenvalue weighted by atomic mass is 32.2. The fourth-order valence-electron chi connectivity index (χ4n) is 1.34. The molecule has 0 aromatic heterocycles. The lowest BCUT2D eigenvalue weighted by molar-refractivity contribution is 0.0696. The Kier molecular flexibility index (Phi) is 3.74. The van der Waals surface area contributed by atoms with Crippen LogP contribution in [0.2, 0.25) is 0 Å². The summed E-state index contributed by atoms with van der Waals surface area (Å²) >= 11 is 0. The van der Waals surface area contributed by atoms with Crippen LogP contribution in [-0.2, 0) is 10.0 Å². The van der Waals surface area contributed by atoms with Crippen molar-refractivity contribution in [1.82, 2.24) is 4.72 Å². The van der Waals surface area contributed by atoms with Crippen molar-refractivity contribution in [3.05, 3.63) is 23.8 Å². The van der Waals surface area contributed by atoms with Gasteiger partial charge in [0.2, 0.25) is 10.0 Å². The molecule has 1 aromatic rings. The van der Waals surface area contributed by atoms with Crippen LogP contribution in [-0.4, -0.2) is 40.6 Å². The van der Waals surface area contributed by atoms with E-state index in [1.807, 2.05) is 0 Å². The van der Waals surface area contributed by atoms with Gasteiger partial charge >= 0.3 is 5.97 Å². The van der Waals surface area contributed by atoms with Crippen LogP contribution in [0.4, 0.5) is 5.69 Å². The molecular weight excluding hydrogens is 244 g/mol. The Morgan fingerprint density at radius 1 is 1.35 bits per heavy atom. The summed E-state index contributed by atoms with van der Waals surface area (Å²) in [5, 5.41) is 8.85. The lowest BCUT2D eigenvalue weighted by Crippen LogP contribution is -2.22. The second kappa shape index (κ2) is 4.72. The summed E-state index contributed by atoms with van der Waals surface area (Å²) in [6, 6.07) is 3.98. The maximum absolute atomic E-state index is 11.8. The molecule has 0 atom stereocenters. The predicted octanol–water partition coefficient (Wildman–Crippen LogP) is 0.359. The normalized spacial score (nSPS) is 11.2. The maximum atomic E-state index is 11.8. The molecule has 0 radical (unpaired) electrons. The molecule has 2 N–H and O–H groups in total. The molecule has 0 fully saturated rings. The van der Waals surface area contributed by atoms with Crippen molar-refractivity contribution in [3.63, 3.8) is 0 Å². The van der Waals surface area contributed by atoms with Gasteiger partial charge in [0.05, 0.1) is 11.3 Å². The summed E-state index contributed by atoms with van der Waals surface area (Å²) in [6.07, 6.45) is 0. The molecule has 1 rings (SSSR count). The van der Waals surface area contributed by atoms with Gasteiger partial charge in [0.15, 0.2) is 0 Å². The summed E-state index contributed by atoms with van der Waals surface area (Å²) in [4.78, 5) is 12.4. The van der Waals surface area contributed by atoms with Gasteiger partial charge in [-0.05, 0) is 25.2 Å². The van der Waals surface area contributed by atoms with E-state index in [1.54, 1.807) is 19.0 Å². The van der Waals surface area contributed by atoms with Crippen LogP contribution in [0, 0.1) is 0 Å². The predicted molar refractivity (Wildman–Crippen MR) is 64.0 cm³/mol. The van der Waals surface area contributed by atoms with Crippen LogP contribution in [0.3, 0.4) is 0 Å². The highest BCUT2D eigenvalue weighted by Gasteiger charge is 2.20. The topological polar surface area (TPSA) is 86.7 Å². The van der Waals surface area contributed by atoms with Crippen LogP contribution < -0.4 is 9.62 Å². The van der Waals surface area contributed by atoms with Crippen molar-refractivity contribution < 1.29 is 18.3 Å². The Hall–Kier alpha value is -1.60. The number of rotatable bonds is 4. The van der Waals surface area contributed by atoms with E-state index in [2.05, 4.69) is 4.72 Å². The van der Waals surface area contributed by atoms with E-state index in [0.29, 0.717) is 5.69 Å². The average molecular weight is 258 g/mol. The molecule has 0 spiro atoms. The molecule has 6 nitrogen and oxygen atoms in total. The third kappa shape index (κ3) is 2.75. The molecule has 0 amide bonds. The highest BCUT2D eigenvalue weighted by Crippen LogP contribution is 2.24. The second-order valence-corrected chi connectivity index (χ2v) is 5.44. The minimum atomic E-state index is -3.68. The standard InChI is InChI=1S/C10H14N2O4S/c1-11-17(15,16)9-6-7(10(13)14)4-5-8(9)12(2)3/h4-6,11H,1-3H3,(H,13,14). The van der Waals surface area contributed by atoms with E-state index in [4.69, 9.17) is 5.11 Å². The van der Waals surface area contributed by atoms with Gasteiger partial charge in [-0.1, -0.05) is 0 Å². The molecule has 17 heavy (non-hydrogen) atoms. The fourth-order valence-corrected chi connectivity index (χ4v) is 2.37. The summed E-state index contributed by atoms with van der Waals surface area (Å²) in [5.74, 6) is -1.16. The number of hydrogen-bond acceptors (Lipinski definition) is 4. The maximum Gasteiger partial charge on any atom is 0.335 e. The zero-order chi connectivity index (χ0) is 13.2. The molecular formula is C10H14N2O4S. The number of sulfonamides is 1. The van der Waals surface area contributed by atoms with Crippen LogP contribution in [0.5, 0.6) is 0 Å². The van der Waals surface area contributed by atoms with Gasteiger partial charge in [-0.2, -0.15) is 0 Å². The molecule has 1 aromatic carbocycles. The minimum Gasteiger partial charge on any atom is -0.478 e. The first-order chi connectivity index (χ1) is 7.79. The summed E-state index contributed by atoms with van der Waals surface area (Å²) in [5.41, 5.74) is 0.369. The van der Waals surface area contributed by atoms with Crippen LogP contribution in [0.1, 0.15) is 10.4 Å². The van der Waals surface area contributed by atoms with E-state index in [1.165, 1.54) is 19.2 Å². The quantitative estimate of drug-likeness (QED) is 0.814. The zero-order valence-corrected chi connectivity index (χ0v) is 10.6. The van der Waals surface area contributed by atoms with Gasteiger partial charge in [-0.3, -0.25) is 0 Å². The lowest BCUT2D eigenvalue weighted by atomic mass is 10.2. The fraction of sp³-hybridized carbons (Fsp3) is 0.300. The molecule has 0 heterocycles. The largest absolute Gasteiger partial charge is 0.478 e. The molecule has 0 aliphatic heterocycles. The third-order valence-electron chi connectivity index (χ3n) is 2.25. The van der Waals surface area contributed by atoms with Crippen molar-refractivity contribution in [1.29, 1.82) is 0 Å². The Labute approximate surface area is 99.9 Å². The molecule has 7 heteroatoms. The van der Waals surface area contributed by atoms with Crippen molar-refractivity contribution in [2.24, 2.45) is 0 Å². The van der Waals surface area contributed by atoms with Crippen molar-refractivity contribution in [2.75, 3.05) is 26.0 Å². The molecule has 0 unspecified atom stereocenters. The van der Waals surface area contributed by atoms with Crippen molar-refractivity contribution >= 4 is 21.7 Å². The van der Waals surface area contributed by atoms with Crippen LogP contribution >= 0.6 is 0 Å². The van der Waals surface area contributed by atoms with E-state index in [-0.39, 0.29) is 10.5 Å². The summed E-state index contributed by atoms with van der Waals surface area (Å²) in [7, 11) is 0.965. The first-order valence-electron chi connectivity index (χ1n) is 4.78. The molecule has 0 aliphatic carbocycles. The van der Waals surface area contributed by atoms with Gasteiger partial charge in [0.25, 0.3) is 0 Å². The van der Waals surface area contributed by atoms with E-state index in [9.17, 15) is 13.2 Å².